The van der Waals surface area contributed by atoms with Crippen LogP contribution in [0.4, 0.5) is 21.9 Å². The molecule has 0 radical (unpaired) electrons. The number of hydrogen-bond acceptors (Lipinski definition) is 6. The first kappa shape index (κ1) is 28.5. The summed E-state index contributed by atoms with van der Waals surface area (Å²) in [4.78, 5) is 25.9. The first-order valence-corrected chi connectivity index (χ1v) is 14.0. The number of alkyl carbamates (subject to hydrolysis) is 1. The van der Waals surface area contributed by atoms with E-state index < -0.39 is 18.0 Å². The molecule has 0 fully saturated rings. The van der Waals surface area contributed by atoms with Gasteiger partial charge in [-0.15, -0.1) is 0 Å². The van der Waals surface area contributed by atoms with Crippen molar-refractivity contribution in [3.8, 4) is 5.75 Å². The highest BCUT2D eigenvalue weighted by Crippen LogP contribution is 2.28. The molecule has 4 aromatic rings. The lowest BCUT2D eigenvalue weighted by Gasteiger charge is -2.19. The van der Waals surface area contributed by atoms with Crippen molar-refractivity contribution >= 4 is 74.2 Å². The predicted octanol–water partition coefficient (Wildman–Crippen LogP) is 7.49. The normalized spacial score (nSPS) is 11.6. The lowest BCUT2D eigenvalue weighted by molar-refractivity contribution is -0.118. The van der Waals surface area contributed by atoms with Crippen molar-refractivity contribution in [2.75, 3.05) is 5.32 Å². The number of azo groups is 1. The van der Waals surface area contributed by atoms with Gasteiger partial charge in [-0.05, 0) is 105 Å². The fourth-order valence-electron chi connectivity index (χ4n) is 3.54. The second kappa shape index (κ2) is 14.0. The highest BCUT2D eigenvalue weighted by atomic mass is 127. The zero-order chi connectivity index (χ0) is 27.6. The molecular weight excluding hydrogens is 722 g/mol. The Balaban J connectivity index is 1.45. The molecule has 4 aromatic carbocycles. The maximum absolute atomic E-state index is 13.3. The Labute approximate surface area is 253 Å². The number of anilines is 1. The van der Waals surface area contributed by atoms with Gasteiger partial charge in [-0.2, -0.15) is 10.2 Å². The molecule has 0 aliphatic rings. The number of halogens is 2. The van der Waals surface area contributed by atoms with E-state index in [4.69, 9.17) is 4.74 Å². The lowest BCUT2D eigenvalue weighted by atomic mass is 10.0. The molecule has 10 heteroatoms. The Morgan fingerprint density at radius 3 is 1.97 bits per heavy atom. The summed E-state index contributed by atoms with van der Waals surface area (Å²) in [5.41, 5.74) is 3.52. The summed E-state index contributed by atoms with van der Waals surface area (Å²) in [7, 11) is 0. The van der Waals surface area contributed by atoms with Crippen molar-refractivity contribution in [1.29, 1.82) is 0 Å². The van der Waals surface area contributed by atoms with Gasteiger partial charge in [0, 0.05) is 12.1 Å². The first-order valence-electron chi connectivity index (χ1n) is 11.9. The first-order chi connectivity index (χ1) is 18.9. The van der Waals surface area contributed by atoms with Gasteiger partial charge in [-0.25, -0.2) is 4.79 Å². The smallest absolute Gasteiger partial charge is 0.408 e. The third-order valence-corrected chi connectivity index (χ3v) is 7.15. The molecule has 3 N–H and O–H groups in total. The largest absolute Gasteiger partial charge is 0.506 e. The Morgan fingerprint density at radius 2 is 1.36 bits per heavy atom. The quantitative estimate of drug-likeness (QED) is 0.122. The van der Waals surface area contributed by atoms with E-state index in [-0.39, 0.29) is 18.8 Å². The fraction of sp³-hybridized carbons (Fsp3) is 0.103. The van der Waals surface area contributed by atoms with Crippen molar-refractivity contribution in [3.05, 3.63) is 115 Å². The number of amides is 2. The second-order valence-corrected chi connectivity index (χ2v) is 10.8. The Kier molecular flexibility index (Phi) is 10.3. The van der Waals surface area contributed by atoms with Crippen LogP contribution >= 0.6 is 45.2 Å². The Hall–Kier alpha value is -3.52. The lowest BCUT2D eigenvalue weighted by Crippen LogP contribution is -2.45. The average molecular weight is 746 g/mol. The summed E-state index contributed by atoms with van der Waals surface area (Å²) in [5.74, 6) is -0.232. The minimum absolute atomic E-state index is 0.0784. The summed E-state index contributed by atoms with van der Waals surface area (Å²) < 4.78 is 6.65. The van der Waals surface area contributed by atoms with Crippen LogP contribution in [0.25, 0.3) is 0 Å². The van der Waals surface area contributed by atoms with Gasteiger partial charge in [0.25, 0.3) is 0 Å². The van der Waals surface area contributed by atoms with Crippen LogP contribution in [0.3, 0.4) is 0 Å². The zero-order valence-corrected chi connectivity index (χ0v) is 24.9. The summed E-state index contributed by atoms with van der Waals surface area (Å²) >= 11 is 4.07. The number of nitrogens with zero attached hydrogens (tertiary/aromatic N) is 2. The van der Waals surface area contributed by atoms with E-state index >= 15 is 0 Å². The minimum atomic E-state index is -0.929. The van der Waals surface area contributed by atoms with Crippen molar-refractivity contribution in [2.45, 2.75) is 19.1 Å². The minimum Gasteiger partial charge on any atom is -0.506 e. The number of phenols is 1. The van der Waals surface area contributed by atoms with Crippen molar-refractivity contribution in [2.24, 2.45) is 10.2 Å². The fourth-order valence-corrected chi connectivity index (χ4v) is 5.44. The van der Waals surface area contributed by atoms with Crippen LogP contribution in [0, 0.1) is 7.14 Å². The third kappa shape index (κ3) is 8.75. The number of phenolic OH excluding ortho intramolecular Hbond substituents is 1. The molecule has 0 spiro atoms. The third-order valence-electron chi connectivity index (χ3n) is 5.51. The van der Waals surface area contributed by atoms with Gasteiger partial charge in [0.05, 0.1) is 18.5 Å². The van der Waals surface area contributed by atoms with E-state index in [0.717, 1.165) is 16.8 Å². The van der Waals surface area contributed by atoms with Crippen molar-refractivity contribution < 1.29 is 19.4 Å². The Bertz CT molecular complexity index is 1430. The summed E-state index contributed by atoms with van der Waals surface area (Å²) in [6.45, 7) is 0.0784. The molecular formula is C29H24I2N4O4. The summed E-state index contributed by atoms with van der Waals surface area (Å²) in [6, 6.07) is 28.2. The Morgan fingerprint density at radius 1 is 0.795 bits per heavy atom. The molecule has 8 nitrogen and oxygen atoms in total. The average Bonchev–Trinajstić information content (AvgIpc) is 2.95. The van der Waals surface area contributed by atoms with Crippen LogP contribution in [0.5, 0.6) is 5.75 Å². The second-order valence-electron chi connectivity index (χ2n) is 8.44. The van der Waals surface area contributed by atoms with Crippen molar-refractivity contribution in [3.63, 3.8) is 0 Å². The highest BCUT2D eigenvalue weighted by molar-refractivity contribution is 14.1. The van der Waals surface area contributed by atoms with Gasteiger partial charge < -0.3 is 20.5 Å². The maximum Gasteiger partial charge on any atom is 0.408 e. The maximum atomic E-state index is 13.3. The van der Waals surface area contributed by atoms with E-state index in [1.807, 2.05) is 106 Å². The van der Waals surface area contributed by atoms with Gasteiger partial charge in [-0.1, -0.05) is 48.5 Å². The molecule has 0 saturated heterocycles. The molecule has 4 rings (SSSR count). The summed E-state index contributed by atoms with van der Waals surface area (Å²) in [6.07, 6.45) is -0.513. The number of hydrogen-bond donors (Lipinski definition) is 3. The zero-order valence-electron chi connectivity index (χ0n) is 20.6. The van der Waals surface area contributed by atoms with Gasteiger partial charge in [-0.3, -0.25) is 4.79 Å². The number of carbonyl (C=O) groups is 2. The number of benzene rings is 4. The van der Waals surface area contributed by atoms with Crippen LogP contribution in [-0.4, -0.2) is 23.1 Å². The number of rotatable bonds is 9. The van der Waals surface area contributed by atoms with Gasteiger partial charge in [0.2, 0.25) is 5.91 Å². The van der Waals surface area contributed by atoms with Crippen LogP contribution in [0.15, 0.2) is 107 Å². The highest BCUT2D eigenvalue weighted by Gasteiger charge is 2.23. The van der Waals surface area contributed by atoms with E-state index in [2.05, 4.69) is 20.9 Å². The number of aromatic hydroxyl groups is 1. The van der Waals surface area contributed by atoms with E-state index in [1.54, 1.807) is 36.4 Å². The van der Waals surface area contributed by atoms with Crippen molar-refractivity contribution in [1.82, 2.24) is 5.32 Å². The molecule has 0 saturated carbocycles. The molecule has 0 aromatic heterocycles. The summed E-state index contributed by atoms with van der Waals surface area (Å²) in [5, 5.41) is 24.1. The molecule has 0 unspecified atom stereocenters. The molecule has 0 aliphatic carbocycles. The van der Waals surface area contributed by atoms with Gasteiger partial charge >= 0.3 is 6.09 Å². The van der Waals surface area contributed by atoms with E-state index in [1.165, 1.54) is 0 Å². The van der Waals surface area contributed by atoms with Crippen LogP contribution in [0.2, 0.25) is 0 Å². The molecule has 0 bridgehead atoms. The number of carbonyl (C=O) groups excluding carboxylic acids is 2. The molecule has 39 heavy (non-hydrogen) atoms. The number of nitrogens with one attached hydrogen (secondary N) is 2. The predicted molar refractivity (Wildman–Crippen MR) is 166 cm³/mol. The van der Waals surface area contributed by atoms with Gasteiger partial charge in [0.1, 0.15) is 18.4 Å². The SMILES string of the molecule is O=C(N[C@@H](Cc1cc(I)c(O)c(I)c1)C(=O)Nc1ccc(N=Nc2ccccc2)cc1)OCc1ccccc1. The topological polar surface area (TPSA) is 112 Å². The van der Waals surface area contributed by atoms with Crippen LogP contribution < -0.4 is 10.6 Å². The van der Waals surface area contributed by atoms with E-state index in [9.17, 15) is 14.7 Å². The van der Waals surface area contributed by atoms with E-state index in [0.29, 0.717) is 18.5 Å². The molecule has 2 amide bonds. The standard InChI is InChI=1S/C29H24I2N4O4/c30-24-15-20(16-25(31)27(24)36)17-26(33-29(38)39-18-19-7-3-1-4-8-19)28(37)32-21-11-13-23(14-12-21)35-34-22-9-5-2-6-10-22/h1-16,26,36H,17-18H2,(H,32,37)(H,33,38)/t26-/m0/s1. The molecule has 1 atom stereocenters. The van der Waals surface area contributed by atoms with Gasteiger partial charge in [0.15, 0.2) is 0 Å². The van der Waals surface area contributed by atoms with Crippen LogP contribution in [0.1, 0.15) is 11.1 Å². The molecule has 0 heterocycles. The number of ether oxygens (including phenoxy) is 1. The van der Waals surface area contributed by atoms with Crippen LogP contribution in [-0.2, 0) is 22.6 Å². The monoisotopic (exact) mass is 746 g/mol. The molecule has 198 valence electrons. The molecule has 0 aliphatic heterocycles.